The Morgan fingerprint density at radius 1 is 1.41 bits per heavy atom. The first-order valence-corrected chi connectivity index (χ1v) is 5.60. The third-order valence-electron chi connectivity index (χ3n) is 3.01. The van der Waals surface area contributed by atoms with E-state index in [9.17, 15) is 9.18 Å². The fourth-order valence-electron chi connectivity index (χ4n) is 1.66. The van der Waals surface area contributed by atoms with E-state index in [1.807, 2.05) is 6.07 Å². The Morgan fingerprint density at radius 3 is 2.59 bits per heavy atom. The van der Waals surface area contributed by atoms with Gasteiger partial charge in [0, 0.05) is 6.54 Å². The molecule has 88 valence electrons. The fourth-order valence-corrected chi connectivity index (χ4v) is 1.66. The monoisotopic (exact) mass is 232 g/mol. The molecule has 0 aliphatic heterocycles. The van der Waals surface area contributed by atoms with E-state index < -0.39 is 5.41 Å². The zero-order valence-electron chi connectivity index (χ0n) is 9.37. The summed E-state index contributed by atoms with van der Waals surface area (Å²) < 4.78 is 12.6. The van der Waals surface area contributed by atoms with Crippen LogP contribution in [-0.4, -0.2) is 12.5 Å². The highest BCUT2D eigenvalue weighted by Gasteiger charge is 2.50. The predicted octanol–water partition coefficient (Wildman–Crippen LogP) is 1.79. The maximum absolute atomic E-state index is 12.6. The van der Waals surface area contributed by atoms with Crippen molar-refractivity contribution in [2.24, 2.45) is 5.41 Å². The second-order valence-corrected chi connectivity index (χ2v) is 4.33. The van der Waals surface area contributed by atoms with E-state index in [0.717, 1.165) is 5.56 Å². The van der Waals surface area contributed by atoms with Crippen LogP contribution in [0.25, 0.3) is 0 Å². The molecule has 0 spiro atoms. The lowest BCUT2D eigenvalue weighted by molar-refractivity contribution is -0.124. The van der Waals surface area contributed by atoms with Gasteiger partial charge in [0.25, 0.3) is 0 Å². The summed E-state index contributed by atoms with van der Waals surface area (Å²) in [6.45, 7) is 0.480. The van der Waals surface area contributed by atoms with E-state index in [2.05, 4.69) is 5.32 Å². The van der Waals surface area contributed by atoms with Gasteiger partial charge in [-0.15, -0.1) is 0 Å². The first-order chi connectivity index (χ1) is 8.16. The van der Waals surface area contributed by atoms with Crippen molar-refractivity contribution in [2.75, 3.05) is 6.54 Å². The van der Waals surface area contributed by atoms with Crippen LogP contribution in [-0.2, 0) is 11.2 Å². The first kappa shape index (κ1) is 11.6. The van der Waals surface area contributed by atoms with Crippen molar-refractivity contribution in [3.8, 4) is 6.07 Å². The largest absolute Gasteiger partial charge is 0.354 e. The van der Waals surface area contributed by atoms with Gasteiger partial charge < -0.3 is 5.32 Å². The van der Waals surface area contributed by atoms with Gasteiger partial charge in [-0.25, -0.2) is 4.39 Å². The molecule has 1 aromatic rings. The number of hydrogen-bond acceptors (Lipinski definition) is 2. The molecular formula is C13H13FN2O. The number of amides is 1. The molecular weight excluding hydrogens is 219 g/mol. The van der Waals surface area contributed by atoms with Crippen LogP contribution in [0.1, 0.15) is 18.4 Å². The fraction of sp³-hybridized carbons (Fsp3) is 0.385. The van der Waals surface area contributed by atoms with Crippen LogP contribution in [0, 0.1) is 22.6 Å². The Hall–Kier alpha value is -1.89. The minimum Gasteiger partial charge on any atom is -0.354 e. The second-order valence-electron chi connectivity index (χ2n) is 4.33. The zero-order valence-corrected chi connectivity index (χ0v) is 9.37. The quantitative estimate of drug-likeness (QED) is 0.860. The van der Waals surface area contributed by atoms with Crippen LogP contribution in [0.5, 0.6) is 0 Å². The maximum Gasteiger partial charge on any atom is 0.240 e. The van der Waals surface area contributed by atoms with Crippen molar-refractivity contribution in [3.63, 3.8) is 0 Å². The Morgan fingerprint density at radius 2 is 2.06 bits per heavy atom. The van der Waals surface area contributed by atoms with Gasteiger partial charge in [-0.3, -0.25) is 4.79 Å². The molecule has 0 radical (unpaired) electrons. The van der Waals surface area contributed by atoms with E-state index in [1.165, 1.54) is 12.1 Å². The lowest BCUT2D eigenvalue weighted by Crippen LogP contribution is -2.32. The molecule has 2 rings (SSSR count). The summed E-state index contributed by atoms with van der Waals surface area (Å²) in [6, 6.07) is 8.23. The number of carbonyl (C=O) groups excluding carboxylic acids is 1. The molecule has 0 saturated heterocycles. The second kappa shape index (κ2) is 4.54. The van der Waals surface area contributed by atoms with Crippen molar-refractivity contribution in [1.29, 1.82) is 5.26 Å². The SMILES string of the molecule is N#CC1(C(=O)NCCc2ccc(F)cc2)CC1. The number of hydrogen-bond donors (Lipinski definition) is 1. The molecule has 1 saturated carbocycles. The molecule has 1 N–H and O–H groups in total. The van der Waals surface area contributed by atoms with Crippen LogP contribution in [0.3, 0.4) is 0 Å². The molecule has 0 heterocycles. The molecule has 0 bridgehead atoms. The number of benzene rings is 1. The topological polar surface area (TPSA) is 52.9 Å². The van der Waals surface area contributed by atoms with Gasteiger partial charge in [-0.2, -0.15) is 5.26 Å². The Labute approximate surface area is 99.2 Å². The number of nitrogens with zero attached hydrogens (tertiary/aromatic N) is 1. The highest BCUT2D eigenvalue weighted by molar-refractivity contribution is 5.88. The summed E-state index contributed by atoms with van der Waals surface area (Å²) in [5.74, 6) is -0.443. The van der Waals surface area contributed by atoms with E-state index in [1.54, 1.807) is 12.1 Å². The molecule has 1 amide bonds. The molecule has 1 aliphatic rings. The maximum atomic E-state index is 12.6. The summed E-state index contributed by atoms with van der Waals surface area (Å²) in [7, 11) is 0. The summed E-state index contributed by atoms with van der Waals surface area (Å²) in [5.41, 5.74) is 0.205. The smallest absolute Gasteiger partial charge is 0.240 e. The average Bonchev–Trinajstić information content (AvgIpc) is 3.12. The standard InChI is InChI=1S/C13H13FN2O/c14-11-3-1-10(2-4-11)5-8-16-12(17)13(9-15)6-7-13/h1-4H,5-8H2,(H,16,17). The van der Waals surface area contributed by atoms with Gasteiger partial charge in [-0.1, -0.05) is 12.1 Å². The molecule has 4 heteroatoms. The van der Waals surface area contributed by atoms with Crippen LogP contribution in [0.2, 0.25) is 0 Å². The highest BCUT2D eigenvalue weighted by Crippen LogP contribution is 2.44. The number of carbonyl (C=O) groups is 1. The van der Waals surface area contributed by atoms with Crippen LogP contribution in [0.4, 0.5) is 4.39 Å². The van der Waals surface area contributed by atoms with E-state index in [0.29, 0.717) is 25.8 Å². The summed E-state index contributed by atoms with van der Waals surface area (Å²) in [5, 5.41) is 11.6. The molecule has 1 aliphatic carbocycles. The molecule has 17 heavy (non-hydrogen) atoms. The van der Waals surface area contributed by atoms with Gasteiger partial charge in [0.1, 0.15) is 11.2 Å². The predicted molar refractivity (Wildman–Crippen MR) is 60.4 cm³/mol. The number of rotatable bonds is 4. The molecule has 0 atom stereocenters. The van der Waals surface area contributed by atoms with Crippen molar-refractivity contribution >= 4 is 5.91 Å². The molecule has 1 aromatic carbocycles. The van der Waals surface area contributed by atoms with Gasteiger partial charge in [0.15, 0.2) is 0 Å². The summed E-state index contributed by atoms with van der Waals surface area (Å²) >= 11 is 0. The number of nitrogens with one attached hydrogen (secondary N) is 1. The van der Waals surface area contributed by atoms with Gasteiger partial charge in [-0.05, 0) is 37.0 Å². The van der Waals surface area contributed by atoms with Crippen LogP contribution >= 0.6 is 0 Å². The third-order valence-corrected chi connectivity index (χ3v) is 3.01. The van der Waals surface area contributed by atoms with E-state index >= 15 is 0 Å². The van der Waals surface area contributed by atoms with Crippen molar-refractivity contribution in [2.45, 2.75) is 19.3 Å². The van der Waals surface area contributed by atoms with Crippen LogP contribution < -0.4 is 5.32 Å². The average molecular weight is 232 g/mol. The molecule has 0 aromatic heterocycles. The molecule has 3 nitrogen and oxygen atoms in total. The lowest BCUT2D eigenvalue weighted by Gasteiger charge is -2.07. The summed E-state index contributed by atoms with van der Waals surface area (Å²) in [4.78, 5) is 11.6. The van der Waals surface area contributed by atoms with Crippen molar-refractivity contribution in [1.82, 2.24) is 5.32 Å². The lowest BCUT2D eigenvalue weighted by atomic mass is 10.1. The minimum absolute atomic E-state index is 0.179. The van der Waals surface area contributed by atoms with Gasteiger partial charge in [0.2, 0.25) is 5.91 Å². The van der Waals surface area contributed by atoms with E-state index in [4.69, 9.17) is 5.26 Å². The number of halogens is 1. The van der Waals surface area contributed by atoms with Crippen molar-refractivity contribution < 1.29 is 9.18 Å². The van der Waals surface area contributed by atoms with E-state index in [-0.39, 0.29) is 11.7 Å². The Bertz CT molecular complexity index is 457. The number of nitriles is 1. The Balaban J connectivity index is 1.79. The van der Waals surface area contributed by atoms with Crippen LogP contribution in [0.15, 0.2) is 24.3 Å². The third kappa shape index (κ3) is 2.62. The van der Waals surface area contributed by atoms with Gasteiger partial charge in [0.05, 0.1) is 6.07 Å². The Kier molecular flexibility index (Phi) is 3.10. The molecule has 1 fully saturated rings. The highest BCUT2D eigenvalue weighted by atomic mass is 19.1. The first-order valence-electron chi connectivity index (χ1n) is 5.60. The zero-order chi connectivity index (χ0) is 12.3. The summed E-state index contributed by atoms with van der Waals surface area (Å²) in [6.07, 6.45) is 1.96. The minimum atomic E-state index is -0.761. The van der Waals surface area contributed by atoms with Gasteiger partial charge >= 0.3 is 0 Å². The normalized spacial score (nSPS) is 16.0. The molecule has 0 unspecified atom stereocenters. The van der Waals surface area contributed by atoms with Crippen molar-refractivity contribution in [3.05, 3.63) is 35.6 Å².